The van der Waals surface area contributed by atoms with Crippen molar-refractivity contribution < 1.29 is 19.1 Å². The van der Waals surface area contributed by atoms with E-state index in [9.17, 15) is 14.9 Å². The number of carbonyl (C=O) groups is 2. The lowest BCUT2D eigenvalue weighted by Crippen LogP contribution is -2.32. The van der Waals surface area contributed by atoms with Gasteiger partial charge in [0.1, 0.15) is 18.2 Å². The highest BCUT2D eigenvalue weighted by Crippen LogP contribution is 2.23. The molecule has 1 aliphatic rings. The van der Waals surface area contributed by atoms with E-state index in [-0.39, 0.29) is 24.1 Å². The van der Waals surface area contributed by atoms with Gasteiger partial charge >= 0.3 is 0 Å². The molecule has 0 unspecified atom stereocenters. The fraction of sp³-hybridized carbons (Fsp3) is 0.435. The molecule has 1 aromatic heterocycles. The molecule has 0 aliphatic carbocycles. The second kappa shape index (κ2) is 11.3. The summed E-state index contributed by atoms with van der Waals surface area (Å²) in [5.41, 5.74) is 1.59. The number of ether oxygens (including phenoxy) is 2. The lowest BCUT2D eigenvalue weighted by Gasteiger charge is -2.10. The molecule has 1 fully saturated rings. The van der Waals surface area contributed by atoms with Crippen LogP contribution in [0.15, 0.2) is 36.0 Å². The predicted octanol–water partition coefficient (Wildman–Crippen LogP) is 2.00. The third-order valence-electron chi connectivity index (χ3n) is 5.16. The smallest absolute Gasteiger partial charge is 0.262 e. The van der Waals surface area contributed by atoms with Crippen molar-refractivity contribution in [3.63, 3.8) is 0 Å². The molecule has 1 saturated heterocycles. The zero-order valence-corrected chi connectivity index (χ0v) is 17.7. The van der Waals surface area contributed by atoms with Gasteiger partial charge in [-0.1, -0.05) is 18.2 Å². The third-order valence-corrected chi connectivity index (χ3v) is 5.16. The molecule has 1 aromatic carbocycles. The Morgan fingerprint density at radius 3 is 2.94 bits per heavy atom. The molecular formula is C23H28N4O4. The summed E-state index contributed by atoms with van der Waals surface area (Å²) in [6.07, 6.45) is 6.01. The molecule has 2 aromatic rings. The van der Waals surface area contributed by atoms with Gasteiger partial charge in [0.05, 0.1) is 6.10 Å². The van der Waals surface area contributed by atoms with E-state index in [4.69, 9.17) is 9.47 Å². The maximum absolute atomic E-state index is 12.5. The molecule has 0 saturated carbocycles. The summed E-state index contributed by atoms with van der Waals surface area (Å²) in [5.74, 6) is -0.534. The first-order chi connectivity index (χ1) is 15.1. The van der Waals surface area contributed by atoms with E-state index in [1.54, 1.807) is 19.4 Å². The Kier molecular flexibility index (Phi) is 8.21. The Labute approximate surface area is 181 Å². The molecule has 1 aliphatic heterocycles. The van der Waals surface area contributed by atoms with E-state index in [0.717, 1.165) is 30.2 Å². The molecular weight excluding hydrogens is 396 g/mol. The maximum atomic E-state index is 12.5. The van der Waals surface area contributed by atoms with Crippen molar-refractivity contribution in [1.82, 2.24) is 15.2 Å². The number of benzene rings is 1. The van der Waals surface area contributed by atoms with Crippen molar-refractivity contribution in [2.24, 2.45) is 0 Å². The van der Waals surface area contributed by atoms with E-state index in [0.29, 0.717) is 31.9 Å². The van der Waals surface area contributed by atoms with Gasteiger partial charge in [0.2, 0.25) is 5.91 Å². The van der Waals surface area contributed by atoms with Crippen molar-refractivity contribution in [2.45, 2.75) is 31.9 Å². The molecule has 164 valence electrons. The van der Waals surface area contributed by atoms with Crippen LogP contribution in [-0.2, 0) is 25.6 Å². The van der Waals surface area contributed by atoms with E-state index in [2.05, 4.69) is 10.6 Å². The predicted molar refractivity (Wildman–Crippen MR) is 117 cm³/mol. The number of hydrogen-bond donors (Lipinski definition) is 2. The standard InChI is InChI=1S/C23H28N4O4/c1-30-10-5-9-25-22(28)16-27-15-18(20-7-2-3-8-21(20)27)12-17(13-24)23(29)26-14-19-6-4-11-31-19/h2-3,7-8,12,15,19H,4-6,9-11,14,16H2,1H3,(H,25,28)(H,26,29)/b17-12+/t19-/m1/s1. The van der Waals surface area contributed by atoms with Crippen LogP contribution in [0.4, 0.5) is 0 Å². The molecule has 0 spiro atoms. The van der Waals surface area contributed by atoms with Crippen LogP contribution in [0, 0.1) is 11.3 Å². The average Bonchev–Trinajstić information content (AvgIpc) is 3.42. The number of fused-ring (bicyclic) bond motifs is 1. The fourth-order valence-electron chi connectivity index (χ4n) is 3.59. The number of nitrogens with one attached hydrogen (secondary N) is 2. The van der Waals surface area contributed by atoms with Crippen molar-refractivity contribution in [3.8, 4) is 6.07 Å². The summed E-state index contributed by atoms with van der Waals surface area (Å²) < 4.78 is 12.3. The monoisotopic (exact) mass is 424 g/mol. The van der Waals surface area contributed by atoms with Gasteiger partial charge in [0, 0.05) is 56.1 Å². The van der Waals surface area contributed by atoms with Gasteiger partial charge in [-0.2, -0.15) is 5.26 Å². The summed E-state index contributed by atoms with van der Waals surface area (Å²) in [5, 5.41) is 16.0. The SMILES string of the molecule is COCCCNC(=O)Cn1cc(/C=C(\C#N)C(=O)NC[C@H]2CCCO2)c2ccccc21. The molecule has 0 radical (unpaired) electrons. The van der Waals surface area contributed by atoms with Crippen LogP contribution in [0.25, 0.3) is 17.0 Å². The summed E-state index contributed by atoms with van der Waals surface area (Å²) >= 11 is 0. The minimum atomic E-state index is -0.425. The Bertz CT molecular complexity index is 983. The quantitative estimate of drug-likeness (QED) is 0.345. The summed E-state index contributed by atoms with van der Waals surface area (Å²) in [7, 11) is 1.63. The number of nitriles is 1. The van der Waals surface area contributed by atoms with Gasteiger partial charge in [-0.3, -0.25) is 9.59 Å². The zero-order valence-electron chi connectivity index (χ0n) is 17.7. The maximum Gasteiger partial charge on any atom is 0.262 e. The molecule has 0 bridgehead atoms. The number of para-hydroxylation sites is 1. The zero-order chi connectivity index (χ0) is 22.1. The van der Waals surface area contributed by atoms with Crippen LogP contribution >= 0.6 is 0 Å². The van der Waals surface area contributed by atoms with Gasteiger partial charge in [0.25, 0.3) is 5.91 Å². The van der Waals surface area contributed by atoms with Crippen LogP contribution in [-0.4, -0.2) is 55.9 Å². The molecule has 2 N–H and O–H groups in total. The van der Waals surface area contributed by atoms with Gasteiger partial charge in [0.15, 0.2) is 0 Å². The number of hydrogen-bond acceptors (Lipinski definition) is 5. The molecule has 31 heavy (non-hydrogen) atoms. The molecule has 2 amide bonds. The molecule has 8 heteroatoms. The Hall–Kier alpha value is -3.15. The van der Waals surface area contributed by atoms with Gasteiger partial charge in [-0.15, -0.1) is 0 Å². The molecule has 1 atom stereocenters. The van der Waals surface area contributed by atoms with E-state index >= 15 is 0 Å². The Morgan fingerprint density at radius 2 is 2.19 bits per heavy atom. The lowest BCUT2D eigenvalue weighted by molar-refractivity contribution is -0.121. The fourth-order valence-corrected chi connectivity index (χ4v) is 3.59. The van der Waals surface area contributed by atoms with Crippen molar-refractivity contribution >= 4 is 28.8 Å². The van der Waals surface area contributed by atoms with Crippen LogP contribution in [0.3, 0.4) is 0 Å². The first kappa shape index (κ1) is 22.5. The first-order valence-corrected chi connectivity index (χ1v) is 10.5. The van der Waals surface area contributed by atoms with Gasteiger partial charge < -0.3 is 24.7 Å². The number of aromatic nitrogens is 1. The van der Waals surface area contributed by atoms with Gasteiger partial charge in [-0.25, -0.2) is 0 Å². The number of methoxy groups -OCH3 is 1. The number of nitrogens with zero attached hydrogens (tertiary/aromatic N) is 2. The second-order valence-corrected chi connectivity index (χ2v) is 7.44. The summed E-state index contributed by atoms with van der Waals surface area (Å²) in [6.45, 7) is 2.38. The van der Waals surface area contributed by atoms with Crippen LogP contribution in [0.1, 0.15) is 24.8 Å². The largest absolute Gasteiger partial charge is 0.385 e. The topological polar surface area (TPSA) is 105 Å². The number of amides is 2. The Balaban J connectivity index is 1.74. The molecule has 2 heterocycles. The minimum absolute atomic E-state index is 0.00760. The molecule has 8 nitrogen and oxygen atoms in total. The lowest BCUT2D eigenvalue weighted by atomic mass is 10.1. The second-order valence-electron chi connectivity index (χ2n) is 7.44. The van der Waals surface area contributed by atoms with Crippen LogP contribution < -0.4 is 10.6 Å². The number of carbonyl (C=O) groups excluding carboxylic acids is 2. The van der Waals surface area contributed by atoms with E-state index in [1.807, 2.05) is 34.9 Å². The van der Waals surface area contributed by atoms with E-state index < -0.39 is 5.91 Å². The highest BCUT2D eigenvalue weighted by Gasteiger charge is 2.18. The Morgan fingerprint density at radius 1 is 1.35 bits per heavy atom. The highest BCUT2D eigenvalue weighted by atomic mass is 16.5. The third kappa shape index (κ3) is 6.17. The van der Waals surface area contributed by atoms with Gasteiger partial charge in [-0.05, 0) is 31.4 Å². The highest BCUT2D eigenvalue weighted by molar-refractivity contribution is 6.04. The normalized spacial score (nSPS) is 16.3. The van der Waals surface area contributed by atoms with Crippen molar-refractivity contribution in [3.05, 3.63) is 41.6 Å². The van der Waals surface area contributed by atoms with Crippen molar-refractivity contribution in [2.75, 3.05) is 33.4 Å². The number of rotatable bonds is 10. The summed E-state index contributed by atoms with van der Waals surface area (Å²) in [6, 6.07) is 9.59. The van der Waals surface area contributed by atoms with Crippen molar-refractivity contribution in [1.29, 1.82) is 5.26 Å². The first-order valence-electron chi connectivity index (χ1n) is 10.5. The average molecular weight is 425 g/mol. The summed E-state index contributed by atoms with van der Waals surface area (Å²) in [4.78, 5) is 24.8. The van der Waals surface area contributed by atoms with Crippen LogP contribution in [0.5, 0.6) is 0 Å². The van der Waals surface area contributed by atoms with Crippen LogP contribution in [0.2, 0.25) is 0 Å². The minimum Gasteiger partial charge on any atom is -0.385 e. The van der Waals surface area contributed by atoms with E-state index in [1.165, 1.54) is 0 Å². The molecule has 3 rings (SSSR count).